The lowest BCUT2D eigenvalue weighted by molar-refractivity contribution is 0.855. The highest BCUT2D eigenvalue weighted by molar-refractivity contribution is 7.11. The molecule has 0 bridgehead atoms. The number of rotatable bonds is 3. The number of para-hydroxylation sites is 3. The van der Waals surface area contributed by atoms with Crippen LogP contribution in [0, 0.1) is 0 Å². The predicted octanol–water partition coefficient (Wildman–Crippen LogP) is 12.5. The van der Waals surface area contributed by atoms with Gasteiger partial charge in [-0.3, -0.25) is 4.57 Å². The average Bonchev–Trinajstić information content (AvgIpc) is 3.95. The molecular formula is C50H32N4S. The lowest BCUT2D eigenvalue weighted by atomic mass is 9.91. The first kappa shape index (κ1) is 30.5. The van der Waals surface area contributed by atoms with Gasteiger partial charge in [0.15, 0.2) is 0 Å². The van der Waals surface area contributed by atoms with Gasteiger partial charge in [-0.1, -0.05) is 127 Å². The zero-order valence-electron chi connectivity index (χ0n) is 29.6. The largest absolute Gasteiger partial charge is 0.345 e. The molecule has 0 amide bonds. The first-order valence-corrected chi connectivity index (χ1v) is 19.6. The van der Waals surface area contributed by atoms with Crippen molar-refractivity contribution in [3.63, 3.8) is 0 Å². The average molecular weight is 721 g/mol. The van der Waals surface area contributed by atoms with Crippen LogP contribution >= 0.6 is 11.3 Å². The Labute approximate surface area is 321 Å². The smallest absolute Gasteiger partial charge is 0.209 e. The van der Waals surface area contributed by atoms with Gasteiger partial charge in [0, 0.05) is 48.8 Å². The maximum atomic E-state index is 5.55. The minimum absolute atomic E-state index is 0.0152. The molecule has 1 N–H and O–H groups in total. The second-order valence-electron chi connectivity index (χ2n) is 14.4. The van der Waals surface area contributed by atoms with Gasteiger partial charge in [0.05, 0.1) is 33.8 Å². The van der Waals surface area contributed by atoms with Gasteiger partial charge in [-0.2, -0.15) is 0 Å². The van der Waals surface area contributed by atoms with Crippen LogP contribution in [0.15, 0.2) is 180 Å². The second-order valence-corrected chi connectivity index (χ2v) is 15.3. The Hall–Kier alpha value is -6.95. The van der Waals surface area contributed by atoms with Crippen molar-refractivity contribution < 1.29 is 0 Å². The van der Waals surface area contributed by atoms with Crippen LogP contribution in [0.1, 0.15) is 16.0 Å². The molecule has 3 aromatic heterocycles. The maximum Gasteiger partial charge on any atom is 0.209 e. The van der Waals surface area contributed by atoms with Gasteiger partial charge < -0.3 is 9.88 Å². The number of aliphatic imine (C=N–C) groups is 1. The highest BCUT2D eigenvalue weighted by Crippen LogP contribution is 2.44. The molecule has 10 aromatic rings. The van der Waals surface area contributed by atoms with Crippen LogP contribution in [0.3, 0.4) is 0 Å². The Morgan fingerprint density at radius 3 is 2.15 bits per heavy atom. The lowest BCUT2D eigenvalue weighted by Gasteiger charge is -2.30. The summed E-state index contributed by atoms with van der Waals surface area (Å²) in [7, 11) is 0. The Morgan fingerprint density at radius 1 is 0.545 bits per heavy atom. The SMILES string of the molecule is C1=CC2NC(n3c4ccc(-c5cccc6c7ccccc7n(-c7ccccc7)c56)cc4c4cc5ccccc5cc43)=NC(c3ccccc3)=C2c2sccc21. The van der Waals surface area contributed by atoms with E-state index in [0.29, 0.717) is 0 Å². The Kier molecular flexibility index (Phi) is 6.53. The molecule has 2 aliphatic rings. The zero-order valence-corrected chi connectivity index (χ0v) is 30.5. The van der Waals surface area contributed by atoms with Gasteiger partial charge >= 0.3 is 0 Å². The molecule has 1 aliphatic carbocycles. The fourth-order valence-electron chi connectivity index (χ4n) is 8.95. The van der Waals surface area contributed by atoms with E-state index in [1.165, 1.54) is 70.5 Å². The predicted molar refractivity (Wildman–Crippen MR) is 233 cm³/mol. The van der Waals surface area contributed by atoms with E-state index < -0.39 is 0 Å². The van der Waals surface area contributed by atoms with Crippen molar-refractivity contribution in [1.29, 1.82) is 0 Å². The Bertz CT molecular complexity index is 3280. The van der Waals surface area contributed by atoms with Gasteiger partial charge in [0.2, 0.25) is 5.96 Å². The van der Waals surface area contributed by atoms with E-state index in [1.807, 2.05) is 0 Å². The molecule has 1 atom stereocenters. The van der Waals surface area contributed by atoms with Crippen molar-refractivity contribution in [3.8, 4) is 16.8 Å². The van der Waals surface area contributed by atoms with E-state index in [-0.39, 0.29) is 6.04 Å². The molecule has 0 spiro atoms. The van der Waals surface area contributed by atoms with Crippen LogP contribution in [-0.4, -0.2) is 21.1 Å². The molecule has 4 heterocycles. The molecule has 55 heavy (non-hydrogen) atoms. The first-order valence-electron chi connectivity index (χ1n) is 18.7. The lowest BCUT2D eigenvalue weighted by Crippen LogP contribution is -2.42. The maximum absolute atomic E-state index is 5.55. The monoisotopic (exact) mass is 720 g/mol. The summed E-state index contributed by atoms with van der Waals surface area (Å²) in [6.45, 7) is 0. The normalized spacial score (nSPS) is 15.2. The summed E-state index contributed by atoms with van der Waals surface area (Å²) in [5.74, 6) is 0.826. The second kappa shape index (κ2) is 11.8. The fourth-order valence-corrected chi connectivity index (χ4v) is 9.92. The van der Waals surface area contributed by atoms with Crippen LogP contribution in [0.4, 0.5) is 0 Å². The molecule has 1 unspecified atom stereocenters. The highest BCUT2D eigenvalue weighted by Gasteiger charge is 2.31. The molecule has 0 radical (unpaired) electrons. The van der Waals surface area contributed by atoms with Crippen molar-refractivity contribution >= 4 is 89.0 Å². The van der Waals surface area contributed by atoms with Gasteiger partial charge in [-0.05, 0) is 75.8 Å². The molecule has 0 fully saturated rings. The molecular weight excluding hydrogens is 689 g/mol. The van der Waals surface area contributed by atoms with Crippen molar-refractivity contribution in [3.05, 3.63) is 191 Å². The number of thiophene rings is 1. The van der Waals surface area contributed by atoms with Crippen molar-refractivity contribution in [1.82, 2.24) is 14.5 Å². The van der Waals surface area contributed by atoms with Crippen LogP contribution < -0.4 is 5.32 Å². The number of nitrogens with zero attached hydrogens (tertiary/aromatic N) is 3. The first-order chi connectivity index (χ1) is 27.3. The van der Waals surface area contributed by atoms with Crippen LogP contribution in [-0.2, 0) is 0 Å². The van der Waals surface area contributed by atoms with Gasteiger partial charge in [0.1, 0.15) is 0 Å². The zero-order chi connectivity index (χ0) is 36.0. The number of benzene rings is 7. The van der Waals surface area contributed by atoms with E-state index in [9.17, 15) is 0 Å². The quantitative estimate of drug-likeness (QED) is 0.194. The molecule has 0 saturated heterocycles. The Morgan fingerprint density at radius 2 is 1.27 bits per heavy atom. The minimum atomic E-state index is -0.0152. The third-order valence-corrected chi connectivity index (χ3v) is 12.4. The number of hydrogen-bond acceptors (Lipinski definition) is 3. The van der Waals surface area contributed by atoms with Gasteiger partial charge in [0.25, 0.3) is 0 Å². The summed E-state index contributed by atoms with van der Waals surface area (Å²) in [4.78, 5) is 6.83. The fraction of sp³-hybridized carbons (Fsp3) is 0.0200. The molecule has 7 aromatic carbocycles. The molecule has 258 valence electrons. The topological polar surface area (TPSA) is 34.2 Å². The number of hydrogen-bond donors (Lipinski definition) is 1. The molecule has 4 nitrogen and oxygen atoms in total. The van der Waals surface area contributed by atoms with Crippen LogP contribution in [0.2, 0.25) is 0 Å². The van der Waals surface area contributed by atoms with Crippen LogP contribution in [0.25, 0.3) is 88.5 Å². The third-order valence-electron chi connectivity index (χ3n) is 11.4. The van der Waals surface area contributed by atoms with E-state index in [2.05, 4.69) is 196 Å². The molecule has 0 saturated carbocycles. The van der Waals surface area contributed by atoms with E-state index in [4.69, 9.17) is 4.99 Å². The summed E-state index contributed by atoms with van der Waals surface area (Å²) in [6, 6.07) is 59.4. The van der Waals surface area contributed by atoms with Crippen molar-refractivity contribution in [2.24, 2.45) is 4.99 Å². The summed E-state index contributed by atoms with van der Waals surface area (Å²) in [5.41, 5.74) is 12.8. The van der Waals surface area contributed by atoms with Crippen LogP contribution in [0.5, 0.6) is 0 Å². The van der Waals surface area contributed by atoms with E-state index in [0.717, 1.165) is 33.9 Å². The summed E-state index contributed by atoms with van der Waals surface area (Å²) < 4.78 is 4.77. The van der Waals surface area contributed by atoms with E-state index >= 15 is 0 Å². The summed E-state index contributed by atoms with van der Waals surface area (Å²) >= 11 is 1.79. The van der Waals surface area contributed by atoms with Gasteiger partial charge in [-0.25, -0.2) is 4.99 Å². The third kappa shape index (κ3) is 4.54. The molecule has 1 aliphatic heterocycles. The van der Waals surface area contributed by atoms with Crippen molar-refractivity contribution in [2.75, 3.05) is 0 Å². The standard InChI is InChI=1S/C50H32N4S/c1-3-12-31(13-4-1)47-46-42(24-22-32-26-27-55-49(32)46)51-50(52-47)54-44-25-23-35(29-40(44)41-28-33-14-7-8-15-34(33)30-45(41)54)37-19-11-20-39-38-18-9-10-21-43(38)53(48(37)39)36-16-5-2-6-17-36/h1-30,42H,(H,51,52). The molecule has 12 rings (SSSR count). The Balaban J connectivity index is 1.14. The number of aromatic nitrogens is 2. The van der Waals surface area contributed by atoms with E-state index in [1.54, 1.807) is 11.3 Å². The highest BCUT2D eigenvalue weighted by atomic mass is 32.1. The number of fused-ring (bicyclic) bond motifs is 10. The minimum Gasteiger partial charge on any atom is -0.345 e. The summed E-state index contributed by atoms with van der Waals surface area (Å²) in [5, 5.41) is 13.4. The van der Waals surface area contributed by atoms with Gasteiger partial charge in [-0.15, -0.1) is 11.3 Å². The number of nitrogens with one attached hydrogen (secondary N) is 1. The molecule has 5 heteroatoms. The summed E-state index contributed by atoms with van der Waals surface area (Å²) in [6.07, 6.45) is 4.54. The van der Waals surface area contributed by atoms with Crippen molar-refractivity contribution in [2.45, 2.75) is 6.04 Å².